The third-order valence-electron chi connectivity index (χ3n) is 5.70. The van der Waals surface area contributed by atoms with E-state index in [9.17, 15) is 14.7 Å². The standard InChI is InChI=1S/C26H33N3O3/c1-3-5-6-7-8-13-24-27-29(18-4-2)26(32)28(24)19-20-14-16-21(17-15-20)22-11-9-10-12-23(22)25(30)31/h9-12,14-17H,3-8,13,18-19H2,1-2H3,(H,30,31). The van der Waals surface area contributed by atoms with Gasteiger partial charge in [0.25, 0.3) is 0 Å². The molecule has 1 heterocycles. The molecule has 170 valence electrons. The zero-order valence-electron chi connectivity index (χ0n) is 19.1. The molecule has 0 radical (unpaired) electrons. The monoisotopic (exact) mass is 435 g/mol. The third kappa shape index (κ3) is 5.75. The smallest absolute Gasteiger partial charge is 0.346 e. The molecule has 3 rings (SSSR count). The second kappa shape index (κ2) is 11.5. The van der Waals surface area contributed by atoms with Crippen LogP contribution in [0.15, 0.2) is 53.3 Å². The van der Waals surface area contributed by atoms with Crippen molar-refractivity contribution in [3.8, 4) is 11.1 Å². The first-order chi connectivity index (χ1) is 15.5. The van der Waals surface area contributed by atoms with Crippen LogP contribution in [0.1, 0.15) is 74.1 Å². The van der Waals surface area contributed by atoms with E-state index >= 15 is 0 Å². The first kappa shape index (κ1) is 23.5. The van der Waals surface area contributed by atoms with E-state index in [2.05, 4.69) is 12.0 Å². The van der Waals surface area contributed by atoms with E-state index in [-0.39, 0.29) is 11.3 Å². The average Bonchev–Trinajstić information content (AvgIpc) is 3.09. The number of aromatic nitrogens is 3. The zero-order valence-corrected chi connectivity index (χ0v) is 19.1. The van der Waals surface area contributed by atoms with Gasteiger partial charge in [0.05, 0.1) is 12.1 Å². The molecule has 0 aliphatic heterocycles. The number of carbonyl (C=O) groups is 1. The summed E-state index contributed by atoms with van der Waals surface area (Å²) in [6.45, 7) is 5.34. The summed E-state index contributed by atoms with van der Waals surface area (Å²) in [6.07, 6.45) is 7.53. The second-order valence-corrected chi connectivity index (χ2v) is 8.22. The van der Waals surface area contributed by atoms with E-state index in [4.69, 9.17) is 0 Å². The largest absolute Gasteiger partial charge is 0.478 e. The van der Waals surface area contributed by atoms with Gasteiger partial charge in [-0.05, 0) is 35.6 Å². The molecule has 2 aromatic carbocycles. The number of hydrogen-bond acceptors (Lipinski definition) is 3. The summed E-state index contributed by atoms with van der Waals surface area (Å²) in [7, 11) is 0. The molecular formula is C26H33N3O3. The van der Waals surface area contributed by atoms with Crippen LogP contribution in [0.4, 0.5) is 0 Å². The molecule has 3 aromatic rings. The van der Waals surface area contributed by atoms with Crippen LogP contribution in [-0.4, -0.2) is 25.4 Å². The Bertz CT molecular complexity index is 1080. The molecule has 32 heavy (non-hydrogen) atoms. The number of nitrogens with zero attached hydrogens (tertiary/aromatic N) is 3. The maximum Gasteiger partial charge on any atom is 0.346 e. The van der Waals surface area contributed by atoms with Crippen molar-refractivity contribution >= 4 is 5.97 Å². The molecule has 1 N–H and O–H groups in total. The molecule has 6 heteroatoms. The highest BCUT2D eigenvalue weighted by Crippen LogP contribution is 2.24. The molecule has 0 aliphatic carbocycles. The van der Waals surface area contributed by atoms with E-state index in [1.807, 2.05) is 43.3 Å². The molecule has 0 fully saturated rings. The number of rotatable bonds is 12. The van der Waals surface area contributed by atoms with E-state index in [0.717, 1.165) is 42.6 Å². The van der Waals surface area contributed by atoms with Gasteiger partial charge in [0, 0.05) is 13.0 Å². The summed E-state index contributed by atoms with van der Waals surface area (Å²) in [6, 6.07) is 14.8. The van der Waals surface area contributed by atoms with Crippen LogP contribution in [0, 0.1) is 0 Å². The van der Waals surface area contributed by atoms with E-state index in [1.165, 1.54) is 19.3 Å². The minimum atomic E-state index is -0.942. The highest BCUT2D eigenvalue weighted by molar-refractivity contribution is 5.95. The van der Waals surface area contributed by atoms with Gasteiger partial charge >= 0.3 is 11.7 Å². The van der Waals surface area contributed by atoms with Gasteiger partial charge < -0.3 is 5.11 Å². The number of carboxylic acids is 1. The summed E-state index contributed by atoms with van der Waals surface area (Å²) >= 11 is 0. The average molecular weight is 436 g/mol. The molecule has 0 unspecified atom stereocenters. The maximum absolute atomic E-state index is 12.9. The van der Waals surface area contributed by atoms with Gasteiger partial charge in [-0.25, -0.2) is 14.3 Å². The van der Waals surface area contributed by atoms with E-state index in [0.29, 0.717) is 18.7 Å². The van der Waals surface area contributed by atoms with Crippen LogP contribution < -0.4 is 5.69 Å². The van der Waals surface area contributed by atoms with E-state index < -0.39 is 5.97 Å². The van der Waals surface area contributed by atoms with Crippen molar-refractivity contribution in [3.05, 3.63) is 76.0 Å². The lowest BCUT2D eigenvalue weighted by Crippen LogP contribution is -2.26. The van der Waals surface area contributed by atoms with Crippen LogP contribution in [0.3, 0.4) is 0 Å². The Labute approximate surface area is 189 Å². The number of unbranched alkanes of at least 4 members (excludes halogenated alkanes) is 4. The Hall–Kier alpha value is -3.15. The quantitative estimate of drug-likeness (QED) is 0.387. The number of carboxylic acid groups (broad SMARTS) is 1. The lowest BCUT2D eigenvalue weighted by Gasteiger charge is -2.09. The predicted octanol–water partition coefficient (Wildman–Crippen LogP) is 5.38. The van der Waals surface area contributed by atoms with E-state index in [1.54, 1.807) is 21.4 Å². The Balaban J connectivity index is 1.80. The molecule has 1 aromatic heterocycles. The fourth-order valence-corrected chi connectivity index (χ4v) is 3.97. The Morgan fingerprint density at radius 2 is 1.66 bits per heavy atom. The summed E-state index contributed by atoms with van der Waals surface area (Å²) in [5.41, 5.74) is 2.74. The van der Waals surface area contributed by atoms with Gasteiger partial charge in [-0.1, -0.05) is 82.0 Å². The van der Waals surface area contributed by atoms with Crippen molar-refractivity contribution in [2.75, 3.05) is 0 Å². The van der Waals surface area contributed by atoms with Crippen molar-refractivity contribution in [3.63, 3.8) is 0 Å². The predicted molar refractivity (Wildman–Crippen MR) is 127 cm³/mol. The lowest BCUT2D eigenvalue weighted by molar-refractivity contribution is 0.0697. The molecule has 0 spiro atoms. The Morgan fingerprint density at radius 3 is 2.34 bits per heavy atom. The topological polar surface area (TPSA) is 77.1 Å². The SMILES string of the molecule is CCCCCCCc1nn(CCC)c(=O)n1Cc1ccc(-c2ccccc2C(=O)O)cc1. The van der Waals surface area contributed by atoms with Gasteiger partial charge in [0.2, 0.25) is 0 Å². The molecule has 0 saturated heterocycles. The first-order valence-corrected chi connectivity index (χ1v) is 11.6. The van der Waals surface area contributed by atoms with Crippen molar-refractivity contribution in [2.45, 2.75) is 71.9 Å². The minimum Gasteiger partial charge on any atom is -0.478 e. The molecule has 6 nitrogen and oxygen atoms in total. The number of hydrogen-bond donors (Lipinski definition) is 1. The van der Waals surface area contributed by atoms with Crippen LogP contribution in [-0.2, 0) is 19.5 Å². The van der Waals surface area contributed by atoms with Crippen LogP contribution >= 0.6 is 0 Å². The normalized spacial score (nSPS) is 11.1. The van der Waals surface area contributed by atoms with Gasteiger partial charge in [-0.2, -0.15) is 5.10 Å². The Kier molecular flexibility index (Phi) is 8.42. The van der Waals surface area contributed by atoms with Gasteiger partial charge in [-0.15, -0.1) is 0 Å². The van der Waals surface area contributed by atoms with Gasteiger partial charge in [0.1, 0.15) is 5.82 Å². The van der Waals surface area contributed by atoms with Crippen molar-refractivity contribution in [2.24, 2.45) is 0 Å². The molecule has 0 atom stereocenters. The molecule has 0 amide bonds. The summed E-state index contributed by atoms with van der Waals surface area (Å²) in [5, 5.41) is 14.1. The maximum atomic E-state index is 12.9. The highest BCUT2D eigenvalue weighted by atomic mass is 16.4. The fraction of sp³-hybridized carbons (Fsp3) is 0.423. The summed E-state index contributed by atoms with van der Waals surface area (Å²) < 4.78 is 3.37. The van der Waals surface area contributed by atoms with Gasteiger partial charge in [-0.3, -0.25) is 4.57 Å². The zero-order chi connectivity index (χ0) is 22.9. The lowest BCUT2D eigenvalue weighted by atomic mass is 9.99. The molecule has 0 bridgehead atoms. The third-order valence-corrected chi connectivity index (χ3v) is 5.70. The molecular weight excluding hydrogens is 402 g/mol. The van der Waals surface area contributed by atoms with Crippen molar-refractivity contribution in [1.82, 2.24) is 14.3 Å². The fourth-order valence-electron chi connectivity index (χ4n) is 3.97. The second-order valence-electron chi connectivity index (χ2n) is 8.22. The number of aromatic carboxylic acids is 1. The molecule has 0 aliphatic rings. The van der Waals surface area contributed by atoms with Crippen molar-refractivity contribution in [1.29, 1.82) is 0 Å². The van der Waals surface area contributed by atoms with Crippen LogP contribution in [0.5, 0.6) is 0 Å². The summed E-state index contributed by atoms with van der Waals surface area (Å²) in [4.78, 5) is 24.5. The minimum absolute atomic E-state index is 0.0595. The number of benzene rings is 2. The first-order valence-electron chi connectivity index (χ1n) is 11.6. The van der Waals surface area contributed by atoms with Crippen LogP contribution in [0.25, 0.3) is 11.1 Å². The van der Waals surface area contributed by atoms with Crippen LogP contribution in [0.2, 0.25) is 0 Å². The summed E-state index contributed by atoms with van der Waals surface area (Å²) in [5.74, 6) is -0.0941. The van der Waals surface area contributed by atoms with Gasteiger partial charge in [0.15, 0.2) is 0 Å². The highest BCUT2D eigenvalue weighted by Gasteiger charge is 2.14. The molecule has 0 saturated carbocycles. The number of aryl methyl sites for hydroxylation is 2. The van der Waals surface area contributed by atoms with Crippen molar-refractivity contribution < 1.29 is 9.90 Å². The Morgan fingerprint density at radius 1 is 0.938 bits per heavy atom.